The molecule has 138 valence electrons. The summed E-state index contributed by atoms with van der Waals surface area (Å²) >= 11 is 0. The Morgan fingerprint density at radius 2 is 2.04 bits per heavy atom. The first-order valence-electron chi connectivity index (χ1n) is 8.54. The first-order chi connectivity index (χ1) is 12.5. The highest BCUT2D eigenvalue weighted by Crippen LogP contribution is 2.23. The molecule has 2 amide bonds. The standard InChI is InChI=1S/C19H22N2O5/c1-12-6-7-17(26-12)18(24)20-15-5-3-2-4-14(15)19(25)21-9-8-16(23)13(10-21)11-22/h2-7,13,16,22-23H,8-11H2,1H3,(H,20,24)/t13-,16-/m1/s1. The highest BCUT2D eigenvalue weighted by molar-refractivity contribution is 6.07. The predicted octanol–water partition coefficient (Wildman–Crippen LogP) is 1.66. The molecule has 0 unspecified atom stereocenters. The minimum absolute atomic E-state index is 0.172. The van der Waals surface area contributed by atoms with Gasteiger partial charge in [-0.25, -0.2) is 0 Å². The van der Waals surface area contributed by atoms with Gasteiger partial charge in [0, 0.05) is 19.0 Å². The van der Waals surface area contributed by atoms with Gasteiger partial charge in [0.05, 0.1) is 24.0 Å². The molecule has 1 fully saturated rings. The zero-order chi connectivity index (χ0) is 18.7. The number of furan rings is 1. The fraction of sp³-hybridized carbons (Fsp3) is 0.368. The maximum Gasteiger partial charge on any atom is 0.291 e. The van der Waals surface area contributed by atoms with Crippen LogP contribution in [0.2, 0.25) is 0 Å². The van der Waals surface area contributed by atoms with Crippen LogP contribution < -0.4 is 5.32 Å². The van der Waals surface area contributed by atoms with E-state index in [-0.39, 0.29) is 30.7 Å². The average Bonchev–Trinajstić information content (AvgIpc) is 3.08. The second-order valence-electron chi connectivity index (χ2n) is 6.46. The van der Waals surface area contributed by atoms with Gasteiger partial charge in [-0.2, -0.15) is 0 Å². The predicted molar refractivity (Wildman–Crippen MR) is 94.9 cm³/mol. The molecule has 26 heavy (non-hydrogen) atoms. The van der Waals surface area contributed by atoms with Crippen LogP contribution in [0.5, 0.6) is 0 Å². The number of aliphatic hydroxyl groups is 2. The molecular weight excluding hydrogens is 336 g/mol. The van der Waals surface area contributed by atoms with Crippen LogP contribution >= 0.6 is 0 Å². The van der Waals surface area contributed by atoms with Gasteiger partial charge in [0.25, 0.3) is 11.8 Å². The number of anilines is 1. The summed E-state index contributed by atoms with van der Waals surface area (Å²) in [5.41, 5.74) is 0.750. The normalized spacial score (nSPS) is 20.0. The van der Waals surface area contributed by atoms with Gasteiger partial charge in [-0.3, -0.25) is 9.59 Å². The van der Waals surface area contributed by atoms with E-state index in [1.165, 1.54) is 0 Å². The molecule has 3 N–H and O–H groups in total. The summed E-state index contributed by atoms with van der Waals surface area (Å²) in [6.07, 6.45) is -0.196. The second kappa shape index (κ2) is 7.72. The van der Waals surface area contributed by atoms with Crippen molar-refractivity contribution in [3.63, 3.8) is 0 Å². The van der Waals surface area contributed by atoms with Crippen molar-refractivity contribution in [3.8, 4) is 0 Å². The molecule has 7 nitrogen and oxygen atoms in total. The zero-order valence-corrected chi connectivity index (χ0v) is 14.5. The summed E-state index contributed by atoms with van der Waals surface area (Å²) in [7, 11) is 0. The number of para-hydroxylation sites is 1. The van der Waals surface area contributed by atoms with Gasteiger partial charge in [-0.15, -0.1) is 0 Å². The minimum atomic E-state index is -0.610. The summed E-state index contributed by atoms with van der Waals surface area (Å²) < 4.78 is 5.31. The van der Waals surface area contributed by atoms with Crippen LogP contribution in [-0.4, -0.2) is 52.7 Å². The molecule has 1 saturated heterocycles. The van der Waals surface area contributed by atoms with E-state index in [1.54, 1.807) is 48.2 Å². The van der Waals surface area contributed by atoms with Gasteiger partial charge in [0.15, 0.2) is 5.76 Å². The Morgan fingerprint density at radius 1 is 1.27 bits per heavy atom. The lowest BCUT2D eigenvalue weighted by atomic mass is 9.95. The third-order valence-corrected chi connectivity index (χ3v) is 4.59. The molecule has 1 aliphatic rings. The van der Waals surface area contributed by atoms with Crippen LogP contribution in [0.15, 0.2) is 40.8 Å². The van der Waals surface area contributed by atoms with Crippen molar-refractivity contribution in [2.75, 3.05) is 25.0 Å². The molecular formula is C19H22N2O5. The lowest BCUT2D eigenvalue weighted by molar-refractivity contribution is 0.00348. The van der Waals surface area contributed by atoms with Crippen molar-refractivity contribution < 1.29 is 24.2 Å². The van der Waals surface area contributed by atoms with E-state index in [0.29, 0.717) is 30.0 Å². The van der Waals surface area contributed by atoms with Crippen molar-refractivity contribution in [1.82, 2.24) is 4.90 Å². The molecule has 3 rings (SSSR count). The quantitative estimate of drug-likeness (QED) is 0.771. The first kappa shape index (κ1) is 18.2. The fourth-order valence-electron chi connectivity index (χ4n) is 3.07. The highest BCUT2D eigenvalue weighted by Gasteiger charge is 2.31. The first-order valence-corrected chi connectivity index (χ1v) is 8.54. The molecule has 2 aromatic rings. The largest absolute Gasteiger partial charge is 0.456 e. The smallest absolute Gasteiger partial charge is 0.291 e. The fourth-order valence-corrected chi connectivity index (χ4v) is 3.07. The molecule has 0 bridgehead atoms. The van der Waals surface area contributed by atoms with Crippen LogP contribution in [0.3, 0.4) is 0 Å². The van der Waals surface area contributed by atoms with Crippen LogP contribution in [0.4, 0.5) is 5.69 Å². The molecule has 0 spiro atoms. The number of carbonyl (C=O) groups is 2. The van der Waals surface area contributed by atoms with E-state index in [1.807, 2.05) is 0 Å². The molecule has 0 aliphatic carbocycles. The van der Waals surface area contributed by atoms with E-state index in [4.69, 9.17) is 4.42 Å². The Hall–Kier alpha value is -2.64. The molecule has 7 heteroatoms. The van der Waals surface area contributed by atoms with Gasteiger partial charge in [-0.1, -0.05) is 12.1 Å². The maximum atomic E-state index is 12.9. The monoisotopic (exact) mass is 358 g/mol. The van der Waals surface area contributed by atoms with E-state index in [9.17, 15) is 19.8 Å². The van der Waals surface area contributed by atoms with Crippen LogP contribution in [0, 0.1) is 12.8 Å². The van der Waals surface area contributed by atoms with E-state index >= 15 is 0 Å². The topological polar surface area (TPSA) is 103 Å². The molecule has 1 aromatic heterocycles. The Labute approximate surface area is 151 Å². The van der Waals surface area contributed by atoms with E-state index in [2.05, 4.69) is 5.32 Å². The molecule has 0 saturated carbocycles. The molecule has 1 aromatic carbocycles. The lowest BCUT2D eigenvalue weighted by Gasteiger charge is -2.35. The van der Waals surface area contributed by atoms with Crippen LogP contribution in [0.25, 0.3) is 0 Å². The Kier molecular flexibility index (Phi) is 5.39. The Balaban J connectivity index is 1.78. The van der Waals surface area contributed by atoms with Gasteiger partial charge in [0.1, 0.15) is 5.76 Å². The van der Waals surface area contributed by atoms with Crippen molar-refractivity contribution >= 4 is 17.5 Å². The number of rotatable bonds is 4. The Bertz CT molecular complexity index is 801. The van der Waals surface area contributed by atoms with Crippen LogP contribution in [0.1, 0.15) is 33.1 Å². The Morgan fingerprint density at radius 3 is 2.73 bits per heavy atom. The summed E-state index contributed by atoms with van der Waals surface area (Å²) in [4.78, 5) is 26.8. The molecule has 2 atom stereocenters. The van der Waals surface area contributed by atoms with Crippen LogP contribution in [-0.2, 0) is 0 Å². The van der Waals surface area contributed by atoms with Gasteiger partial charge >= 0.3 is 0 Å². The second-order valence-corrected chi connectivity index (χ2v) is 6.46. The number of piperidine rings is 1. The molecule has 2 heterocycles. The number of aryl methyl sites for hydroxylation is 1. The summed E-state index contributed by atoms with van der Waals surface area (Å²) in [6, 6.07) is 10.0. The number of hydrogen-bond donors (Lipinski definition) is 3. The number of carbonyl (C=O) groups excluding carboxylic acids is 2. The van der Waals surface area contributed by atoms with E-state index < -0.39 is 12.0 Å². The third kappa shape index (κ3) is 3.79. The number of likely N-dealkylation sites (tertiary alicyclic amines) is 1. The lowest BCUT2D eigenvalue weighted by Crippen LogP contribution is -2.47. The van der Waals surface area contributed by atoms with Gasteiger partial charge in [-0.05, 0) is 37.6 Å². The van der Waals surface area contributed by atoms with Crippen molar-refractivity contribution in [2.45, 2.75) is 19.4 Å². The number of aliphatic hydroxyl groups excluding tert-OH is 2. The number of hydrogen-bond acceptors (Lipinski definition) is 5. The SMILES string of the molecule is Cc1ccc(C(=O)Nc2ccccc2C(=O)N2CC[C@@H](O)[C@@H](CO)C2)o1. The number of nitrogens with one attached hydrogen (secondary N) is 1. The van der Waals surface area contributed by atoms with Crippen molar-refractivity contribution in [2.24, 2.45) is 5.92 Å². The molecule has 1 aliphatic heterocycles. The van der Waals surface area contributed by atoms with E-state index in [0.717, 1.165) is 0 Å². The average molecular weight is 358 g/mol. The van der Waals surface area contributed by atoms with Gasteiger partial charge in [0.2, 0.25) is 0 Å². The third-order valence-electron chi connectivity index (χ3n) is 4.59. The zero-order valence-electron chi connectivity index (χ0n) is 14.5. The van der Waals surface area contributed by atoms with Gasteiger partial charge < -0.3 is 24.8 Å². The number of nitrogens with zero attached hydrogens (tertiary/aromatic N) is 1. The molecule has 0 radical (unpaired) electrons. The minimum Gasteiger partial charge on any atom is -0.456 e. The maximum absolute atomic E-state index is 12.9. The summed E-state index contributed by atoms with van der Waals surface area (Å²) in [5.74, 6) is -0.240. The summed E-state index contributed by atoms with van der Waals surface area (Å²) in [6.45, 7) is 2.24. The summed E-state index contributed by atoms with van der Waals surface area (Å²) in [5, 5.41) is 22.0. The highest BCUT2D eigenvalue weighted by atomic mass is 16.3. The number of amides is 2. The number of benzene rings is 1. The van der Waals surface area contributed by atoms with Crippen molar-refractivity contribution in [1.29, 1.82) is 0 Å². The van der Waals surface area contributed by atoms with Crippen molar-refractivity contribution in [3.05, 3.63) is 53.5 Å².